The predicted octanol–water partition coefficient (Wildman–Crippen LogP) is 3.26. The molecule has 0 saturated heterocycles. The number of oxazole rings is 1. The number of para-hydroxylation sites is 1. The van der Waals surface area contributed by atoms with Gasteiger partial charge >= 0.3 is 0 Å². The Morgan fingerprint density at radius 1 is 1.23 bits per heavy atom. The highest BCUT2D eigenvalue weighted by Crippen LogP contribution is 2.21. The molecular weight excluding hydrogens is 280 g/mol. The van der Waals surface area contributed by atoms with Gasteiger partial charge in [0.2, 0.25) is 0 Å². The van der Waals surface area contributed by atoms with Crippen molar-refractivity contribution in [2.75, 3.05) is 5.32 Å². The first kappa shape index (κ1) is 12.6. The summed E-state index contributed by atoms with van der Waals surface area (Å²) in [6, 6.07) is 12.8. The Labute approximate surface area is 125 Å². The molecule has 0 bridgehead atoms. The third-order valence-electron chi connectivity index (χ3n) is 3.44. The molecule has 22 heavy (non-hydrogen) atoms. The predicted molar refractivity (Wildman–Crippen MR) is 82.8 cm³/mol. The molecule has 6 nitrogen and oxygen atoms in total. The third kappa shape index (κ3) is 2.01. The van der Waals surface area contributed by atoms with E-state index in [0.29, 0.717) is 22.9 Å². The monoisotopic (exact) mass is 292 g/mol. The number of nitrogens with one attached hydrogen (secondary N) is 2. The Balaban J connectivity index is 1.67. The number of hydrogen-bond donors (Lipinski definition) is 2. The average Bonchev–Trinajstić information content (AvgIpc) is 3.09. The van der Waals surface area contributed by atoms with Crippen LogP contribution in [0.3, 0.4) is 0 Å². The lowest BCUT2D eigenvalue weighted by Gasteiger charge is -2.03. The van der Waals surface area contributed by atoms with Gasteiger partial charge in [0, 0.05) is 24.1 Å². The first-order chi connectivity index (χ1) is 10.7. The Morgan fingerprint density at radius 3 is 3.00 bits per heavy atom. The highest BCUT2D eigenvalue weighted by atomic mass is 16.3. The molecule has 4 aromatic rings. The number of carbonyl (C=O) groups excluding carboxylic acids is 1. The van der Waals surface area contributed by atoms with E-state index in [1.807, 2.05) is 30.3 Å². The van der Waals surface area contributed by atoms with Crippen LogP contribution in [-0.4, -0.2) is 21.1 Å². The van der Waals surface area contributed by atoms with Gasteiger partial charge in [-0.3, -0.25) is 9.89 Å². The summed E-state index contributed by atoms with van der Waals surface area (Å²) in [7, 11) is 0. The van der Waals surface area contributed by atoms with Crippen LogP contribution in [-0.2, 0) is 0 Å². The van der Waals surface area contributed by atoms with Crippen LogP contribution in [0.25, 0.3) is 22.0 Å². The number of rotatable bonds is 2. The van der Waals surface area contributed by atoms with Crippen LogP contribution >= 0.6 is 0 Å². The van der Waals surface area contributed by atoms with Gasteiger partial charge in [0.05, 0.1) is 5.52 Å². The topological polar surface area (TPSA) is 83.8 Å². The van der Waals surface area contributed by atoms with Crippen molar-refractivity contribution < 1.29 is 9.21 Å². The smallest absolute Gasteiger partial charge is 0.276 e. The average molecular weight is 292 g/mol. The van der Waals surface area contributed by atoms with Crippen LogP contribution in [0.15, 0.2) is 46.9 Å². The summed E-state index contributed by atoms with van der Waals surface area (Å²) in [5.41, 5.74) is 3.24. The number of aromatic nitrogens is 3. The number of hydrogen-bond acceptors (Lipinski definition) is 4. The molecule has 4 rings (SSSR count). The highest BCUT2D eigenvalue weighted by Gasteiger charge is 2.14. The zero-order chi connectivity index (χ0) is 15.1. The molecule has 0 radical (unpaired) electrons. The molecular formula is C16H12N4O2. The van der Waals surface area contributed by atoms with Crippen molar-refractivity contribution in [2.45, 2.75) is 6.92 Å². The van der Waals surface area contributed by atoms with E-state index >= 15 is 0 Å². The molecule has 0 saturated carbocycles. The van der Waals surface area contributed by atoms with Crippen molar-refractivity contribution in [3.63, 3.8) is 0 Å². The summed E-state index contributed by atoms with van der Waals surface area (Å²) in [6.07, 6.45) is 0. The maximum Gasteiger partial charge on any atom is 0.276 e. The molecule has 2 aromatic carbocycles. The molecule has 1 amide bonds. The molecule has 2 heterocycles. The van der Waals surface area contributed by atoms with Crippen LogP contribution < -0.4 is 5.32 Å². The van der Waals surface area contributed by atoms with Gasteiger partial charge in [0.25, 0.3) is 5.91 Å². The first-order valence-corrected chi connectivity index (χ1v) is 6.82. The van der Waals surface area contributed by atoms with E-state index in [4.69, 9.17) is 4.42 Å². The fourth-order valence-corrected chi connectivity index (χ4v) is 2.44. The van der Waals surface area contributed by atoms with Crippen molar-refractivity contribution in [1.82, 2.24) is 15.2 Å². The lowest BCUT2D eigenvalue weighted by atomic mass is 10.2. The number of fused-ring (bicyclic) bond motifs is 2. The van der Waals surface area contributed by atoms with Gasteiger partial charge in [0.15, 0.2) is 17.2 Å². The zero-order valence-corrected chi connectivity index (χ0v) is 11.8. The molecule has 0 atom stereocenters. The highest BCUT2D eigenvalue weighted by molar-refractivity contribution is 6.11. The standard InChI is InChI=1S/C16H12N4O2/c1-9-17-13-7-6-10(8-14(13)22-9)18-16(21)15-11-4-2-3-5-12(11)19-20-15/h2-8H,1H3,(H,18,21)(H,19,20). The summed E-state index contributed by atoms with van der Waals surface area (Å²) in [5, 5.41) is 10.6. The van der Waals surface area contributed by atoms with Gasteiger partial charge in [-0.2, -0.15) is 5.10 Å². The van der Waals surface area contributed by atoms with E-state index in [2.05, 4.69) is 20.5 Å². The van der Waals surface area contributed by atoms with Gasteiger partial charge in [-0.1, -0.05) is 18.2 Å². The summed E-state index contributed by atoms with van der Waals surface area (Å²) in [6.45, 7) is 1.79. The van der Waals surface area contributed by atoms with Crippen molar-refractivity contribution >= 4 is 33.6 Å². The summed E-state index contributed by atoms with van der Waals surface area (Å²) >= 11 is 0. The number of amides is 1. The maximum absolute atomic E-state index is 12.4. The zero-order valence-electron chi connectivity index (χ0n) is 11.8. The van der Waals surface area contributed by atoms with Gasteiger partial charge in [0.1, 0.15) is 5.52 Å². The second-order valence-corrected chi connectivity index (χ2v) is 4.99. The second-order valence-electron chi connectivity index (χ2n) is 4.99. The summed E-state index contributed by atoms with van der Waals surface area (Å²) in [4.78, 5) is 16.6. The Kier molecular flexibility index (Phi) is 2.69. The molecule has 2 aromatic heterocycles. The Morgan fingerprint density at radius 2 is 2.09 bits per heavy atom. The maximum atomic E-state index is 12.4. The van der Waals surface area contributed by atoms with E-state index in [1.54, 1.807) is 19.1 Å². The number of aryl methyl sites for hydroxylation is 1. The molecule has 0 aliphatic heterocycles. The van der Waals surface area contributed by atoms with E-state index in [9.17, 15) is 4.79 Å². The van der Waals surface area contributed by atoms with Gasteiger partial charge in [-0.15, -0.1) is 0 Å². The van der Waals surface area contributed by atoms with Gasteiger partial charge < -0.3 is 9.73 Å². The van der Waals surface area contributed by atoms with Crippen molar-refractivity contribution in [1.29, 1.82) is 0 Å². The lowest BCUT2D eigenvalue weighted by Crippen LogP contribution is -2.12. The van der Waals surface area contributed by atoms with Gasteiger partial charge in [-0.05, 0) is 18.2 Å². The van der Waals surface area contributed by atoms with Crippen molar-refractivity contribution in [3.05, 3.63) is 54.0 Å². The quantitative estimate of drug-likeness (QED) is 0.594. The number of anilines is 1. The molecule has 6 heteroatoms. The Hall–Kier alpha value is -3.15. The minimum absolute atomic E-state index is 0.270. The fraction of sp³-hybridized carbons (Fsp3) is 0.0625. The van der Waals surface area contributed by atoms with E-state index in [1.165, 1.54) is 0 Å². The molecule has 0 aliphatic carbocycles. The summed E-state index contributed by atoms with van der Waals surface area (Å²) < 4.78 is 5.47. The molecule has 0 aliphatic rings. The normalized spacial score (nSPS) is 11.1. The van der Waals surface area contributed by atoms with Crippen LogP contribution in [0.4, 0.5) is 5.69 Å². The first-order valence-electron chi connectivity index (χ1n) is 6.82. The number of nitrogens with zero attached hydrogens (tertiary/aromatic N) is 2. The Bertz CT molecular complexity index is 1000. The molecule has 2 N–H and O–H groups in total. The molecule has 0 spiro atoms. The summed E-state index contributed by atoms with van der Waals surface area (Å²) in [5.74, 6) is 0.324. The third-order valence-corrected chi connectivity index (χ3v) is 3.44. The molecule has 108 valence electrons. The second kappa shape index (κ2) is 4.70. The van der Waals surface area contributed by atoms with Crippen LogP contribution in [0.1, 0.15) is 16.4 Å². The minimum atomic E-state index is -0.270. The molecule has 0 unspecified atom stereocenters. The van der Waals surface area contributed by atoms with Gasteiger partial charge in [-0.25, -0.2) is 4.98 Å². The largest absolute Gasteiger partial charge is 0.441 e. The number of H-pyrrole nitrogens is 1. The van der Waals surface area contributed by atoms with E-state index in [0.717, 1.165) is 16.4 Å². The van der Waals surface area contributed by atoms with E-state index < -0.39 is 0 Å². The minimum Gasteiger partial charge on any atom is -0.441 e. The van der Waals surface area contributed by atoms with Crippen molar-refractivity contribution in [3.8, 4) is 0 Å². The SMILES string of the molecule is Cc1nc2ccc(NC(=O)c3n[nH]c4ccccc34)cc2o1. The van der Waals surface area contributed by atoms with Crippen molar-refractivity contribution in [2.24, 2.45) is 0 Å². The molecule has 0 fully saturated rings. The number of carbonyl (C=O) groups is 1. The fourth-order valence-electron chi connectivity index (χ4n) is 2.44. The number of aromatic amines is 1. The van der Waals surface area contributed by atoms with E-state index in [-0.39, 0.29) is 5.91 Å². The van der Waals surface area contributed by atoms with Crippen LogP contribution in [0.5, 0.6) is 0 Å². The van der Waals surface area contributed by atoms with Crippen LogP contribution in [0.2, 0.25) is 0 Å². The lowest BCUT2D eigenvalue weighted by molar-refractivity contribution is 0.102. The van der Waals surface area contributed by atoms with Crippen LogP contribution in [0, 0.1) is 6.92 Å². The number of benzene rings is 2.